The zero-order valence-electron chi connectivity index (χ0n) is 16.8. The molecule has 0 heterocycles. The van der Waals surface area contributed by atoms with Crippen LogP contribution in [0.15, 0.2) is 29.3 Å². The topological polar surface area (TPSA) is 79.8 Å². The van der Waals surface area contributed by atoms with E-state index in [1.807, 2.05) is 52.0 Å². The Bertz CT molecular complexity index is 700. The third-order valence-corrected chi connectivity index (χ3v) is 4.94. The molecule has 0 aliphatic heterocycles. The van der Waals surface area contributed by atoms with E-state index in [-0.39, 0.29) is 17.3 Å². The fourth-order valence-electron chi connectivity index (χ4n) is 2.30. The Labute approximate surface area is 158 Å². The van der Waals surface area contributed by atoms with Crippen LogP contribution in [0.4, 0.5) is 0 Å². The van der Waals surface area contributed by atoms with Crippen molar-refractivity contribution in [3.05, 3.63) is 29.8 Å². The maximum Gasteiger partial charge on any atom is 0.191 e. The molecule has 0 amide bonds. The molecule has 0 radical (unpaired) electrons. The Morgan fingerprint density at radius 3 is 2.58 bits per heavy atom. The van der Waals surface area contributed by atoms with E-state index in [4.69, 9.17) is 4.74 Å². The van der Waals surface area contributed by atoms with E-state index in [2.05, 4.69) is 15.6 Å². The summed E-state index contributed by atoms with van der Waals surface area (Å²) in [6.45, 7) is 9.36. The molecule has 0 aliphatic rings. The number of ether oxygens (including phenoxy) is 1. The molecule has 1 atom stereocenters. The standard InChI is InChI=1S/C19H33N3O3S/c1-15-8-7-9-17(12-15)25-16(2)13-21-18(20-5)22-14-19(3,4)10-11-26(6,23)24/h7-9,12,16H,10-11,13-14H2,1-6H3,(H2,20,21,22). The van der Waals surface area contributed by atoms with Crippen molar-refractivity contribution in [3.8, 4) is 5.75 Å². The summed E-state index contributed by atoms with van der Waals surface area (Å²) in [6, 6.07) is 7.96. The van der Waals surface area contributed by atoms with Crippen LogP contribution in [-0.4, -0.2) is 52.6 Å². The second kappa shape index (κ2) is 9.80. The van der Waals surface area contributed by atoms with Gasteiger partial charge >= 0.3 is 0 Å². The molecule has 0 spiro atoms. The van der Waals surface area contributed by atoms with Crippen molar-refractivity contribution in [1.82, 2.24) is 10.6 Å². The minimum Gasteiger partial charge on any atom is -0.489 e. The predicted octanol–water partition coefficient (Wildman–Crippen LogP) is 2.39. The van der Waals surface area contributed by atoms with Gasteiger partial charge in [0.15, 0.2) is 5.96 Å². The first-order chi connectivity index (χ1) is 12.0. The van der Waals surface area contributed by atoms with Crippen molar-refractivity contribution in [2.24, 2.45) is 10.4 Å². The summed E-state index contributed by atoms with van der Waals surface area (Å²) in [5.74, 6) is 1.72. The van der Waals surface area contributed by atoms with Gasteiger partial charge in [0.2, 0.25) is 0 Å². The third-order valence-electron chi connectivity index (χ3n) is 3.99. The molecule has 0 aliphatic carbocycles. The summed E-state index contributed by atoms with van der Waals surface area (Å²) in [6.07, 6.45) is 1.85. The molecule has 0 fully saturated rings. The number of hydrogen-bond donors (Lipinski definition) is 2. The normalized spacial score (nSPS) is 14.0. The Hall–Kier alpha value is -1.76. The number of hydrogen-bond acceptors (Lipinski definition) is 4. The summed E-state index contributed by atoms with van der Waals surface area (Å²) < 4.78 is 28.6. The van der Waals surface area contributed by atoms with Gasteiger partial charge in [-0.3, -0.25) is 4.99 Å². The summed E-state index contributed by atoms with van der Waals surface area (Å²) in [5.41, 5.74) is 1.01. The lowest BCUT2D eigenvalue weighted by Gasteiger charge is -2.26. The number of benzene rings is 1. The largest absolute Gasteiger partial charge is 0.489 e. The highest BCUT2D eigenvalue weighted by Gasteiger charge is 2.20. The van der Waals surface area contributed by atoms with Gasteiger partial charge in [-0.1, -0.05) is 26.0 Å². The molecule has 0 bridgehead atoms. The summed E-state index contributed by atoms with van der Waals surface area (Å²) in [4.78, 5) is 4.21. The summed E-state index contributed by atoms with van der Waals surface area (Å²) in [5, 5.41) is 6.51. The molecular weight excluding hydrogens is 350 g/mol. The predicted molar refractivity (Wildman–Crippen MR) is 109 cm³/mol. The van der Waals surface area contributed by atoms with Crippen molar-refractivity contribution in [3.63, 3.8) is 0 Å². The fourth-order valence-corrected chi connectivity index (χ4v) is 3.22. The van der Waals surface area contributed by atoms with E-state index >= 15 is 0 Å². The molecular formula is C19H33N3O3S. The Balaban J connectivity index is 2.42. The summed E-state index contributed by atoms with van der Waals surface area (Å²) >= 11 is 0. The number of aryl methyl sites for hydroxylation is 1. The Kier molecular flexibility index (Phi) is 8.40. The fraction of sp³-hybridized carbons (Fsp3) is 0.632. The van der Waals surface area contributed by atoms with Crippen LogP contribution < -0.4 is 15.4 Å². The molecule has 26 heavy (non-hydrogen) atoms. The summed E-state index contributed by atoms with van der Waals surface area (Å²) in [7, 11) is -1.23. The second-order valence-corrected chi connectivity index (χ2v) is 9.86. The van der Waals surface area contributed by atoms with Gasteiger partial charge in [0.25, 0.3) is 0 Å². The Morgan fingerprint density at radius 2 is 2.00 bits per heavy atom. The van der Waals surface area contributed by atoms with E-state index < -0.39 is 9.84 Å². The average Bonchev–Trinajstić information content (AvgIpc) is 2.52. The second-order valence-electron chi connectivity index (χ2n) is 7.60. The van der Waals surface area contributed by atoms with Crippen LogP contribution in [0.3, 0.4) is 0 Å². The number of nitrogens with zero attached hydrogens (tertiary/aromatic N) is 1. The van der Waals surface area contributed by atoms with Gasteiger partial charge in [-0.25, -0.2) is 8.42 Å². The SMILES string of the molecule is CN=C(NCC(C)Oc1cccc(C)c1)NCC(C)(C)CCS(C)(=O)=O. The first-order valence-electron chi connectivity index (χ1n) is 8.86. The van der Waals surface area contributed by atoms with Gasteiger partial charge in [-0.05, 0) is 43.4 Å². The van der Waals surface area contributed by atoms with Gasteiger partial charge in [-0.2, -0.15) is 0 Å². The molecule has 0 aromatic heterocycles. The van der Waals surface area contributed by atoms with Crippen LogP contribution in [0.25, 0.3) is 0 Å². The number of nitrogens with one attached hydrogen (secondary N) is 2. The number of aliphatic imine (C=N–C) groups is 1. The van der Waals surface area contributed by atoms with Crippen LogP contribution in [0.2, 0.25) is 0 Å². The van der Waals surface area contributed by atoms with Crippen LogP contribution >= 0.6 is 0 Å². The van der Waals surface area contributed by atoms with Crippen molar-refractivity contribution in [1.29, 1.82) is 0 Å². The minimum absolute atomic E-state index is 0.0198. The number of rotatable bonds is 9. The van der Waals surface area contributed by atoms with Crippen molar-refractivity contribution in [2.75, 3.05) is 32.1 Å². The Morgan fingerprint density at radius 1 is 1.31 bits per heavy atom. The van der Waals surface area contributed by atoms with Crippen LogP contribution in [0.5, 0.6) is 5.75 Å². The lowest BCUT2D eigenvalue weighted by Crippen LogP contribution is -2.45. The lowest BCUT2D eigenvalue weighted by atomic mass is 9.90. The molecule has 1 unspecified atom stereocenters. The first-order valence-corrected chi connectivity index (χ1v) is 10.9. The smallest absolute Gasteiger partial charge is 0.191 e. The van der Waals surface area contributed by atoms with E-state index in [9.17, 15) is 8.42 Å². The van der Waals surface area contributed by atoms with Crippen molar-refractivity contribution in [2.45, 2.75) is 40.2 Å². The first kappa shape index (κ1) is 22.3. The lowest BCUT2D eigenvalue weighted by molar-refractivity contribution is 0.223. The third kappa shape index (κ3) is 9.65. The molecule has 7 heteroatoms. The molecule has 0 saturated carbocycles. The highest BCUT2D eigenvalue weighted by atomic mass is 32.2. The molecule has 1 aromatic rings. The zero-order chi connectivity index (χ0) is 19.8. The molecule has 6 nitrogen and oxygen atoms in total. The van der Waals surface area contributed by atoms with E-state index in [1.165, 1.54) is 6.26 Å². The maximum atomic E-state index is 11.4. The number of guanidine groups is 1. The number of sulfone groups is 1. The van der Waals surface area contributed by atoms with Crippen molar-refractivity contribution < 1.29 is 13.2 Å². The molecule has 2 N–H and O–H groups in total. The van der Waals surface area contributed by atoms with Crippen molar-refractivity contribution >= 4 is 15.8 Å². The van der Waals surface area contributed by atoms with E-state index in [1.54, 1.807) is 7.05 Å². The monoisotopic (exact) mass is 383 g/mol. The molecule has 0 saturated heterocycles. The van der Waals surface area contributed by atoms with Crippen LogP contribution in [0, 0.1) is 12.3 Å². The van der Waals surface area contributed by atoms with Gasteiger partial charge in [0, 0.05) is 19.8 Å². The maximum absolute atomic E-state index is 11.4. The molecule has 148 valence electrons. The highest BCUT2D eigenvalue weighted by Crippen LogP contribution is 2.19. The van der Waals surface area contributed by atoms with E-state index in [0.29, 0.717) is 25.5 Å². The minimum atomic E-state index is -2.95. The van der Waals surface area contributed by atoms with E-state index in [0.717, 1.165) is 11.3 Å². The van der Waals surface area contributed by atoms with Gasteiger partial charge in [0.1, 0.15) is 21.7 Å². The van der Waals surface area contributed by atoms with Crippen LogP contribution in [0.1, 0.15) is 32.8 Å². The molecule has 1 aromatic carbocycles. The zero-order valence-corrected chi connectivity index (χ0v) is 17.6. The molecule has 1 rings (SSSR count). The van der Waals surface area contributed by atoms with Gasteiger partial charge in [0.05, 0.1) is 12.3 Å². The van der Waals surface area contributed by atoms with Crippen LogP contribution in [-0.2, 0) is 9.84 Å². The highest BCUT2D eigenvalue weighted by molar-refractivity contribution is 7.90. The average molecular weight is 384 g/mol. The van der Waals surface area contributed by atoms with Gasteiger partial charge in [-0.15, -0.1) is 0 Å². The van der Waals surface area contributed by atoms with Gasteiger partial charge < -0.3 is 15.4 Å². The quantitative estimate of drug-likeness (QED) is 0.506.